The maximum absolute atomic E-state index is 13.6. The number of benzene rings is 1. The molecule has 0 spiro atoms. The van der Waals surface area contributed by atoms with E-state index in [-0.39, 0.29) is 24.0 Å². The van der Waals surface area contributed by atoms with E-state index in [1.807, 2.05) is 12.1 Å². The summed E-state index contributed by atoms with van der Waals surface area (Å²) in [5.41, 5.74) is 0.325. The smallest absolute Gasteiger partial charge is 0.254 e. The van der Waals surface area contributed by atoms with E-state index >= 15 is 0 Å². The van der Waals surface area contributed by atoms with Crippen molar-refractivity contribution in [2.75, 3.05) is 32.8 Å². The second kappa shape index (κ2) is 8.69. The molecule has 1 saturated heterocycles. The summed E-state index contributed by atoms with van der Waals surface area (Å²) in [5.74, 6) is 3.39. The van der Waals surface area contributed by atoms with Crippen molar-refractivity contribution in [1.82, 2.24) is 4.90 Å². The van der Waals surface area contributed by atoms with Crippen molar-refractivity contribution in [3.05, 3.63) is 41.3 Å². The molecule has 1 amide bonds. The van der Waals surface area contributed by atoms with Gasteiger partial charge in [-0.25, -0.2) is 8.42 Å². The first-order valence-electron chi connectivity index (χ1n) is 10.7. The van der Waals surface area contributed by atoms with E-state index in [1.165, 1.54) is 21.3 Å². The number of hydrogen-bond donors (Lipinski definition) is 0. The van der Waals surface area contributed by atoms with Gasteiger partial charge in [0.15, 0.2) is 21.3 Å². The molecule has 1 aromatic heterocycles. The van der Waals surface area contributed by atoms with Gasteiger partial charge in [0.25, 0.3) is 5.91 Å². The molecule has 2 fully saturated rings. The van der Waals surface area contributed by atoms with Gasteiger partial charge in [0.05, 0.1) is 39.4 Å². The molecule has 0 bridgehead atoms. The molecule has 1 aliphatic heterocycles. The SMILES string of the molecule is COc1cc(C(=O)N(Cc2ccc(C3CC3C)o2)C2CCS(=O)(=O)C2)cc(OC)c1OC. The molecule has 9 heteroatoms. The Labute approximate surface area is 188 Å². The maximum atomic E-state index is 13.6. The number of carbonyl (C=O) groups excluding carboxylic acids is 1. The van der Waals surface area contributed by atoms with Crippen molar-refractivity contribution in [3.8, 4) is 17.2 Å². The van der Waals surface area contributed by atoms with Crippen LogP contribution in [0, 0.1) is 5.92 Å². The summed E-state index contributed by atoms with van der Waals surface area (Å²) in [6, 6.07) is 6.56. The average Bonchev–Trinajstić information content (AvgIpc) is 3.16. The third-order valence-corrected chi connectivity index (χ3v) is 8.06. The van der Waals surface area contributed by atoms with Crippen molar-refractivity contribution in [3.63, 3.8) is 0 Å². The molecule has 2 aromatic rings. The average molecular weight is 464 g/mol. The highest BCUT2D eigenvalue weighted by Gasteiger charge is 2.38. The van der Waals surface area contributed by atoms with Gasteiger partial charge in [-0.1, -0.05) is 6.92 Å². The zero-order chi connectivity index (χ0) is 23.0. The number of ether oxygens (including phenoxy) is 3. The van der Waals surface area contributed by atoms with Crippen LogP contribution in [-0.4, -0.2) is 58.1 Å². The van der Waals surface area contributed by atoms with Gasteiger partial charge in [-0.2, -0.15) is 0 Å². The van der Waals surface area contributed by atoms with Crippen LogP contribution in [0.2, 0.25) is 0 Å². The standard InChI is InChI=1S/C23H29NO7S/c1-14-9-18(14)19-6-5-17(31-19)12-24(16-7-8-32(26,27)13-16)23(25)15-10-20(28-2)22(30-4)21(11-15)29-3/h5-6,10-11,14,16,18H,7-9,12-13H2,1-4H3. The Balaban J connectivity index is 1.66. The zero-order valence-electron chi connectivity index (χ0n) is 18.8. The van der Waals surface area contributed by atoms with Crippen LogP contribution < -0.4 is 14.2 Å². The molecule has 0 radical (unpaired) electrons. The van der Waals surface area contributed by atoms with Crippen LogP contribution in [-0.2, 0) is 16.4 Å². The summed E-state index contributed by atoms with van der Waals surface area (Å²) in [6.45, 7) is 2.37. The van der Waals surface area contributed by atoms with Crippen LogP contribution >= 0.6 is 0 Å². The summed E-state index contributed by atoms with van der Waals surface area (Å²) in [6.07, 6.45) is 1.49. The molecule has 3 atom stereocenters. The molecule has 1 aliphatic carbocycles. The Hall–Kier alpha value is -2.68. The highest BCUT2D eigenvalue weighted by atomic mass is 32.2. The first-order valence-corrected chi connectivity index (χ1v) is 12.5. The lowest BCUT2D eigenvalue weighted by molar-refractivity contribution is 0.0664. The molecule has 1 aromatic carbocycles. The number of sulfone groups is 1. The number of methoxy groups -OCH3 is 3. The number of nitrogens with zero attached hydrogens (tertiary/aromatic N) is 1. The number of rotatable bonds is 8. The normalized spacial score (nSPS) is 23.6. The predicted octanol–water partition coefficient (Wildman–Crippen LogP) is 3.26. The van der Waals surface area contributed by atoms with Gasteiger partial charge in [0.2, 0.25) is 5.75 Å². The second-order valence-corrected chi connectivity index (χ2v) is 10.8. The van der Waals surface area contributed by atoms with Crippen LogP contribution in [0.25, 0.3) is 0 Å². The Morgan fingerprint density at radius 3 is 2.28 bits per heavy atom. The molecule has 4 rings (SSSR count). The molecule has 2 heterocycles. The highest BCUT2D eigenvalue weighted by molar-refractivity contribution is 7.91. The van der Waals surface area contributed by atoms with Gasteiger partial charge in [-0.15, -0.1) is 0 Å². The van der Waals surface area contributed by atoms with Crippen LogP contribution in [0.3, 0.4) is 0 Å². The number of amides is 1. The van der Waals surface area contributed by atoms with Gasteiger partial charge >= 0.3 is 0 Å². The van der Waals surface area contributed by atoms with E-state index in [0.717, 1.165) is 12.2 Å². The zero-order valence-corrected chi connectivity index (χ0v) is 19.6. The van der Waals surface area contributed by atoms with E-state index in [0.29, 0.717) is 46.8 Å². The highest BCUT2D eigenvalue weighted by Crippen LogP contribution is 2.47. The number of furan rings is 1. The van der Waals surface area contributed by atoms with Crippen LogP contribution in [0.15, 0.2) is 28.7 Å². The molecular weight excluding hydrogens is 434 g/mol. The van der Waals surface area contributed by atoms with Gasteiger partial charge in [-0.3, -0.25) is 4.79 Å². The lowest BCUT2D eigenvalue weighted by Crippen LogP contribution is -2.40. The molecular formula is C23H29NO7S. The van der Waals surface area contributed by atoms with Gasteiger partial charge < -0.3 is 23.5 Å². The Morgan fingerprint density at radius 1 is 1.12 bits per heavy atom. The second-order valence-electron chi connectivity index (χ2n) is 8.53. The largest absolute Gasteiger partial charge is 0.493 e. The lowest BCUT2D eigenvalue weighted by atomic mass is 10.1. The Kier molecular flexibility index (Phi) is 6.11. The van der Waals surface area contributed by atoms with Gasteiger partial charge in [-0.05, 0) is 43.0 Å². The van der Waals surface area contributed by atoms with Crippen molar-refractivity contribution in [2.24, 2.45) is 5.92 Å². The van der Waals surface area contributed by atoms with Gasteiger partial charge in [0.1, 0.15) is 11.5 Å². The fourth-order valence-electron chi connectivity index (χ4n) is 4.32. The predicted molar refractivity (Wildman–Crippen MR) is 118 cm³/mol. The first kappa shape index (κ1) is 22.5. The molecule has 8 nitrogen and oxygen atoms in total. The van der Waals surface area contributed by atoms with Crippen molar-refractivity contribution < 1.29 is 31.8 Å². The fraction of sp³-hybridized carbons (Fsp3) is 0.522. The minimum atomic E-state index is -3.18. The third-order valence-electron chi connectivity index (χ3n) is 6.31. The summed E-state index contributed by atoms with van der Waals surface area (Å²) in [5, 5.41) is 0. The van der Waals surface area contributed by atoms with Crippen molar-refractivity contribution >= 4 is 15.7 Å². The molecule has 174 valence electrons. The van der Waals surface area contributed by atoms with Gasteiger partial charge in [0, 0.05) is 17.5 Å². The first-order chi connectivity index (χ1) is 15.3. The Morgan fingerprint density at radius 2 is 1.78 bits per heavy atom. The molecule has 1 saturated carbocycles. The molecule has 32 heavy (non-hydrogen) atoms. The fourth-order valence-corrected chi connectivity index (χ4v) is 6.05. The molecule has 0 N–H and O–H groups in total. The number of hydrogen-bond acceptors (Lipinski definition) is 7. The van der Waals surface area contributed by atoms with E-state index in [1.54, 1.807) is 17.0 Å². The summed E-state index contributed by atoms with van der Waals surface area (Å²) in [7, 11) is 1.27. The van der Waals surface area contributed by atoms with E-state index in [9.17, 15) is 13.2 Å². The molecule has 2 aliphatic rings. The van der Waals surface area contributed by atoms with Crippen molar-refractivity contribution in [2.45, 2.75) is 38.3 Å². The van der Waals surface area contributed by atoms with Crippen molar-refractivity contribution in [1.29, 1.82) is 0 Å². The summed E-state index contributed by atoms with van der Waals surface area (Å²) < 4.78 is 46.5. The van der Waals surface area contributed by atoms with E-state index < -0.39 is 15.9 Å². The Bertz CT molecular complexity index is 1080. The van der Waals surface area contributed by atoms with Crippen LogP contribution in [0.4, 0.5) is 0 Å². The summed E-state index contributed by atoms with van der Waals surface area (Å²) in [4.78, 5) is 15.2. The van der Waals surface area contributed by atoms with Crippen LogP contribution in [0.1, 0.15) is 47.6 Å². The lowest BCUT2D eigenvalue weighted by Gasteiger charge is -2.28. The quantitative estimate of drug-likeness (QED) is 0.593. The number of carbonyl (C=O) groups is 1. The summed E-state index contributed by atoms with van der Waals surface area (Å²) >= 11 is 0. The van der Waals surface area contributed by atoms with E-state index in [4.69, 9.17) is 18.6 Å². The minimum Gasteiger partial charge on any atom is -0.493 e. The van der Waals surface area contributed by atoms with Crippen LogP contribution in [0.5, 0.6) is 17.2 Å². The monoisotopic (exact) mass is 463 g/mol. The minimum absolute atomic E-state index is 0.0591. The van der Waals surface area contributed by atoms with E-state index in [2.05, 4.69) is 6.92 Å². The maximum Gasteiger partial charge on any atom is 0.254 e. The third kappa shape index (κ3) is 4.44. The molecule has 3 unspecified atom stereocenters. The topological polar surface area (TPSA) is 95.3 Å².